The number of benzene rings is 2. The van der Waals surface area contributed by atoms with Crippen molar-refractivity contribution < 1.29 is 18.1 Å². The van der Waals surface area contributed by atoms with Crippen molar-refractivity contribution in [1.29, 1.82) is 0 Å². The third-order valence-electron chi connectivity index (χ3n) is 5.05. The van der Waals surface area contributed by atoms with Crippen LogP contribution in [0.25, 0.3) is 0 Å². The number of ether oxygens (including phenoxy) is 1. The number of methoxy groups -OCH3 is 1. The average molecular weight is 435 g/mol. The highest BCUT2D eigenvalue weighted by atomic mass is 32.2. The van der Waals surface area contributed by atoms with Crippen LogP contribution in [0.4, 0.5) is 17.1 Å². The Morgan fingerprint density at radius 2 is 1.83 bits per heavy atom. The van der Waals surface area contributed by atoms with E-state index in [9.17, 15) is 18.5 Å². The van der Waals surface area contributed by atoms with Gasteiger partial charge in [0.05, 0.1) is 23.4 Å². The van der Waals surface area contributed by atoms with Crippen molar-refractivity contribution in [3.8, 4) is 5.75 Å². The van der Waals surface area contributed by atoms with Gasteiger partial charge in [0.2, 0.25) is 0 Å². The minimum Gasteiger partial charge on any atom is -0.495 e. The predicted octanol–water partition coefficient (Wildman–Crippen LogP) is 2.94. The van der Waals surface area contributed by atoms with Gasteiger partial charge in [-0.05, 0) is 31.2 Å². The molecule has 0 aromatic heterocycles. The molecule has 1 fully saturated rings. The molecule has 1 heterocycles. The van der Waals surface area contributed by atoms with Crippen LogP contribution in [0, 0.1) is 10.1 Å². The molecule has 1 aliphatic heterocycles. The fraction of sp³-hybridized carbons (Fsp3) is 0.400. The van der Waals surface area contributed by atoms with Crippen LogP contribution >= 0.6 is 0 Å². The predicted molar refractivity (Wildman–Crippen MR) is 116 cm³/mol. The first-order valence-corrected chi connectivity index (χ1v) is 11.3. The molecule has 9 nitrogen and oxygen atoms in total. The molecule has 0 saturated carbocycles. The minimum atomic E-state index is -4.10. The molecule has 1 saturated heterocycles. The number of hydrogen-bond acceptors (Lipinski definition) is 7. The van der Waals surface area contributed by atoms with Gasteiger partial charge >= 0.3 is 0 Å². The average Bonchev–Trinajstić information content (AvgIpc) is 2.74. The second kappa shape index (κ2) is 9.31. The van der Waals surface area contributed by atoms with Gasteiger partial charge in [0.25, 0.3) is 15.7 Å². The van der Waals surface area contributed by atoms with E-state index in [4.69, 9.17) is 4.74 Å². The molecule has 0 bridgehead atoms. The lowest BCUT2D eigenvalue weighted by Crippen LogP contribution is -2.47. The van der Waals surface area contributed by atoms with Crippen LogP contribution in [0.1, 0.15) is 13.3 Å². The number of piperazine rings is 1. The van der Waals surface area contributed by atoms with Gasteiger partial charge in [-0.25, -0.2) is 8.42 Å². The van der Waals surface area contributed by atoms with Crippen molar-refractivity contribution in [3.63, 3.8) is 0 Å². The Morgan fingerprint density at radius 1 is 1.13 bits per heavy atom. The molecule has 0 amide bonds. The molecule has 30 heavy (non-hydrogen) atoms. The lowest BCUT2D eigenvalue weighted by molar-refractivity contribution is -0.385. The number of para-hydroxylation sites is 2. The fourth-order valence-electron chi connectivity index (χ4n) is 3.55. The summed E-state index contributed by atoms with van der Waals surface area (Å²) in [5.74, 6) is 0.362. The maximum atomic E-state index is 13.2. The summed E-state index contributed by atoms with van der Waals surface area (Å²) in [5.41, 5.74) is 0.452. The van der Waals surface area contributed by atoms with Crippen LogP contribution in [0.2, 0.25) is 0 Å². The fourth-order valence-corrected chi connectivity index (χ4v) is 4.87. The first-order valence-electron chi connectivity index (χ1n) is 9.77. The number of nitrogens with zero attached hydrogens (tertiary/aromatic N) is 3. The van der Waals surface area contributed by atoms with E-state index < -0.39 is 14.9 Å². The minimum absolute atomic E-state index is 0.119. The van der Waals surface area contributed by atoms with Crippen molar-refractivity contribution >= 4 is 27.1 Å². The molecule has 1 N–H and O–H groups in total. The number of non-ortho nitro benzene ring substituents is 1. The van der Waals surface area contributed by atoms with Gasteiger partial charge in [-0.3, -0.25) is 19.7 Å². The highest BCUT2D eigenvalue weighted by molar-refractivity contribution is 7.93. The van der Waals surface area contributed by atoms with Crippen molar-refractivity contribution in [2.75, 3.05) is 49.5 Å². The lowest BCUT2D eigenvalue weighted by atomic mass is 10.2. The van der Waals surface area contributed by atoms with Crippen molar-refractivity contribution in [2.45, 2.75) is 18.2 Å². The Labute approximate surface area is 176 Å². The third kappa shape index (κ3) is 4.82. The van der Waals surface area contributed by atoms with E-state index in [0.717, 1.165) is 32.1 Å². The Hall–Kier alpha value is -2.85. The third-order valence-corrected chi connectivity index (χ3v) is 6.44. The molecule has 0 aliphatic carbocycles. The van der Waals surface area contributed by atoms with Gasteiger partial charge in [0.15, 0.2) is 0 Å². The van der Waals surface area contributed by atoms with E-state index in [0.29, 0.717) is 24.5 Å². The van der Waals surface area contributed by atoms with Crippen LogP contribution < -0.4 is 14.4 Å². The van der Waals surface area contributed by atoms with E-state index in [1.807, 2.05) is 4.90 Å². The zero-order chi connectivity index (χ0) is 21.7. The SMILES string of the molecule is CCCN1CCN(c2ccc([N+](=O)[O-])cc2S(=O)(=O)Nc2ccccc2OC)CC1. The van der Waals surface area contributed by atoms with Gasteiger partial charge in [0, 0.05) is 38.3 Å². The van der Waals surface area contributed by atoms with E-state index in [1.54, 1.807) is 24.3 Å². The Kier molecular flexibility index (Phi) is 6.78. The van der Waals surface area contributed by atoms with E-state index in [-0.39, 0.29) is 16.3 Å². The summed E-state index contributed by atoms with van der Waals surface area (Å²) >= 11 is 0. The first-order chi connectivity index (χ1) is 14.4. The number of nitro benzene ring substituents is 1. The number of sulfonamides is 1. The van der Waals surface area contributed by atoms with E-state index >= 15 is 0 Å². The van der Waals surface area contributed by atoms with Crippen LogP contribution in [0.3, 0.4) is 0 Å². The van der Waals surface area contributed by atoms with Crippen LogP contribution in [-0.4, -0.2) is 58.1 Å². The van der Waals surface area contributed by atoms with Crippen molar-refractivity contribution in [1.82, 2.24) is 4.90 Å². The Morgan fingerprint density at radius 3 is 2.47 bits per heavy atom. The number of nitrogens with one attached hydrogen (secondary N) is 1. The maximum Gasteiger partial charge on any atom is 0.270 e. The monoisotopic (exact) mass is 434 g/mol. The van der Waals surface area contributed by atoms with Crippen LogP contribution in [-0.2, 0) is 10.0 Å². The van der Waals surface area contributed by atoms with Crippen LogP contribution in [0.5, 0.6) is 5.75 Å². The highest BCUT2D eigenvalue weighted by Crippen LogP contribution is 2.33. The van der Waals surface area contributed by atoms with Crippen LogP contribution in [0.15, 0.2) is 47.4 Å². The van der Waals surface area contributed by atoms with Gasteiger partial charge in [-0.1, -0.05) is 19.1 Å². The first kappa shape index (κ1) is 21.8. The zero-order valence-electron chi connectivity index (χ0n) is 17.1. The molecule has 0 unspecified atom stereocenters. The largest absolute Gasteiger partial charge is 0.495 e. The van der Waals surface area contributed by atoms with Gasteiger partial charge in [-0.2, -0.15) is 0 Å². The summed E-state index contributed by atoms with van der Waals surface area (Å²) in [6.07, 6.45) is 1.06. The normalized spacial score (nSPS) is 15.1. The number of hydrogen-bond donors (Lipinski definition) is 1. The molecule has 0 atom stereocenters. The molecule has 2 aromatic rings. The molecule has 2 aromatic carbocycles. The summed E-state index contributed by atoms with van der Waals surface area (Å²) in [7, 11) is -2.65. The molecule has 162 valence electrons. The maximum absolute atomic E-state index is 13.2. The van der Waals surface area contributed by atoms with Gasteiger partial charge in [-0.15, -0.1) is 0 Å². The smallest absolute Gasteiger partial charge is 0.270 e. The topological polar surface area (TPSA) is 105 Å². The second-order valence-electron chi connectivity index (χ2n) is 7.04. The quantitative estimate of drug-likeness (QED) is 0.503. The highest BCUT2D eigenvalue weighted by Gasteiger charge is 2.28. The summed E-state index contributed by atoms with van der Waals surface area (Å²) in [6, 6.07) is 10.6. The van der Waals surface area contributed by atoms with Crippen molar-refractivity contribution in [2.24, 2.45) is 0 Å². The standard InChI is InChI=1S/C20H26N4O5S/c1-3-10-22-11-13-23(14-12-22)18-9-8-16(24(25)26)15-20(18)30(27,28)21-17-6-4-5-7-19(17)29-2/h4-9,15,21H,3,10-14H2,1-2H3. The van der Waals surface area contributed by atoms with Gasteiger partial charge in [0.1, 0.15) is 10.6 Å². The Balaban J connectivity index is 1.97. The summed E-state index contributed by atoms with van der Waals surface area (Å²) in [4.78, 5) is 14.9. The van der Waals surface area contributed by atoms with E-state index in [2.05, 4.69) is 16.5 Å². The molecule has 10 heteroatoms. The number of anilines is 2. The lowest BCUT2D eigenvalue weighted by Gasteiger charge is -2.36. The second-order valence-corrected chi connectivity index (χ2v) is 8.69. The zero-order valence-corrected chi connectivity index (χ0v) is 17.9. The summed E-state index contributed by atoms with van der Waals surface area (Å²) in [5, 5.41) is 11.3. The number of nitro groups is 1. The van der Waals surface area contributed by atoms with Crippen molar-refractivity contribution in [3.05, 3.63) is 52.6 Å². The summed E-state index contributed by atoms with van der Waals surface area (Å²) < 4.78 is 34.2. The molecular weight excluding hydrogens is 408 g/mol. The Bertz CT molecular complexity index is 1000. The number of rotatable bonds is 8. The molecule has 0 radical (unpaired) electrons. The summed E-state index contributed by atoms with van der Waals surface area (Å²) in [6.45, 7) is 6.03. The molecule has 0 spiro atoms. The van der Waals surface area contributed by atoms with E-state index in [1.165, 1.54) is 19.2 Å². The molecule has 1 aliphatic rings. The molecule has 3 rings (SSSR count). The van der Waals surface area contributed by atoms with Gasteiger partial charge < -0.3 is 9.64 Å². The molecular formula is C20H26N4O5S.